The first-order chi connectivity index (χ1) is 9.63. The Morgan fingerprint density at radius 1 is 1.40 bits per heavy atom. The lowest BCUT2D eigenvalue weighted by Gasteiger charge is -2.21. The summed E-state index contributed by atoms with van der Waals surface area (Å²) in [7, 11) is 0. The second-order valence-corrected chi connectivity index (χ2v) is 4.25. The summed E-state index contributed by atoms with van der Waals surface area (Å²) < 4.78 is 4.91. The lowest BCUT2D eigenvalue weighted by atomic mass is 10.2. The predicted octanol–water partition coefficient (Wildman–Crippen LogP) is 3.24. The van der Waals surface area contributed by atoms with Crippen molar-refractivity contribution < 1.29 is 14.1 Å². The molecule has 0 aliphatic heterocycles. The van der Waals surface area contributed by atoms with Gasteiger partial charge in [0.1, 0.15) is 6.26 Å². The molecule has 0 unspecified atom stereocenters. The molecule has 0 aliphatic carbocycles. The van der Waals surface area contributed by atoms with Crippen molar-refractivity contribution >= 4 is 17.3 Å². The Morgan fingerprint density at radius 2 is 2.20 bits per heavy atom. The molecule has 20 heavy (non-hydrogen) atoms. The van der Waals surface area contributed by atoms with Gasteiger partial charge in [-0.15, -0.1) is 0 Å². The van der Waals surface area contributed by atoms with E-state index in [0.717, 1.165) is 6.42 Å². The number of non-ortho nitro benzene ring substituents is 1. The van der Waals surface area contributed by atoms with Crippen LogP contribution in [0.15, 0.2) is 47.3 Å². The molecular formula is C14H14N2O4. The summed E-state index contributed by atoms with van der Waals surface area (Å²) in [5, 5.41) is 10.8. The quantitative estimate of drug-likeness (QED) is 0.619. The maximum absolute atomic E-state index is 12.4. The van der Waals surface area contributed by atoms with Crippen LogP contribution >= 0.6 is 0 Å². The third-order valence-corrected chi connectivity index (χ3v) is 2.81. The first kappa shape index (κ1) is 13.8. The highest BCUT2D eigenvalue weighted by molar-refractivity contribution is 6.05. The van der Waals surface area contributed by atoms with Crippen molar-refractivity contribution in [1.82, 2.24) is 0 Å². The van der Waals surface area contributed by atoms with E-state index in [1.54, 1.807) is 18.2 Å². The number of furan rings is 1. The molecule has 1 aromatic carbocycles. The smallest absolute Gasteiger partial charge is 0.271 e. The Balaban J connectivity index is 2.35. The van der Waals surface area contributed by atoms with Gasteiger partial charge in [0.05, 0.1) is 22.4 Å². The number of carbonyl (C=O) groups excluding carboxylic acids is 1. The number of nitro groups is 1. The molecule has 6 heteroatoms. The molecule has 0 atom stereocenters. The summed E-state index contributed by atoms with van der Waals surface area (Å²) in [6.07, 6.45) is 3.53. The van der Waals surface area contributed by atoms with Gasteiger partial charge < -0.3 is 9.32 Å². The molecule has 0 radical (unpaired) electrons. The summed E-state index contributed by atoms with van der Waals surface area (Å²) in [5.74, 6) is -0.235. The largest absolute Gasteiger partial charge is 0.472 e. The van der Waals surface area contributed by atoms with Crippen LogP contribution in [0, 0.1) is 10.1 Å². The van der Waals surface area contributed by atoms with Crippen molar-refractivity contribution in [2.75, 3.05) is 11.4 Å². The Labute approximate surface area is 115 Å². The van der Waals surface area contributed by atoms with Crippen LogP contribution in [0.25, 0.3) is 0 Å². The van der Waals surface area contributed by atoms with Gasteiger partial charge in [-0.05, 0) is 18.6 Å². The minimum atomic E-state index is -0.476. The molecule has 6 nitrogen and oxygen atoms in total. The van der Waals surface area contributed by atoms with Gasteiger partial charge in [0.25, 0.3) is 11.6 Å². The predicted molar refractivity (Wildman–Crippen MR) is 73.8 cm³/mol. The van der Waals surface area contributed by atoms with Crippen molar-refractivity contribution in [3.8, 4) is 0 Å². The van der Waals surface area contributed by atoms with E-state index in [9.17, 15) is 14.9 Å². The zero-order chi connectivity index (χ0) is 14.5. The average Bonchev–Trinajstić information content (AvgIpc) is 2.98. The maximum atomic E-state index is 12.4. The van der Waals surface area contributed by atoms with Crippen LogP contribution in [0.3, 0.4) is 0 Å². The van der Waals surface area contributed by atoms with Gasteiger partial charge in [-0.25, -0.2) is 0 Å². The van der Waals surface area contributed by atoms with E-state index in [0.29, 0.717) is 17.8 Å². The number of carbonyl (C=O) groups is 1. The topological polar surface area (TPSA) is 76.6 Å². The van der Waals surface area contributed by atoms with Crippen LogP contribution in [0.5, 0.6) is 0 Å². The average molecular weight is 274 g/mol. The second-order valence-electron chi connectivity index (χ2n) is 4.25. The molecule has 0 bridgehead atoms. The van der Waals surface area contributed by atoms with Crippen LogP contribution in [-0.2, 0) is 0 Å². The lowest BCUT2D eigenvalue weighted by Crippen LogP contribution is -2.31. The highest BCUT2D eigenvalue weighted by Crippen LogP contribution is 2.23. The number of hydrogen-bond donors (Lipinski definition) is 0. The molecule has 104 valence electrons. The number of amides is 1. The van der Waals surface area contributed by atoms with Crippen molar-refractivity contribution in [2.24, 2.45) is 0 Å². The molecule has 0 aliphatic rings. The first-order valence-electron chi connectivity index (χ1n) is 6.22. The summed E-state index contributed by atoms with van der Waals surface area (Å²) in [4.78, 5) is 24.2. The lowest BCUT2D eigenvalue weighted by molar-refractivity contribution is -0.384. The van der Waals surface area contributed by atoms with Crippen molar-refractivity contribution in [3.05, 3.63) is 58.5 Å². The number of nitrogens with zero attached hydrogens (tertiary/aromatic N) is 2. The van der Waals surface area contributed by atoms with Crippen LogP contribution < -0.4 is 4.90 Å². The summed E-state index contributed by atoms with van der Waals surface area (Å²) >= 11 is 0. The summed E-state index contributed by atoms with van der Waals surface area (Å²) in [5.41, 5.74) is 0.890. The van der Waals surface area contributed by atoms with E-state index in [2.05, 4.69) is 0 Å². The Bertz CT molecular complexity index is 607. The van der Waals surface area contributed by atoms with Crippen LogP contribution in [-0.4, -0.2) is 17.4 Å². The number of nitro benzene ring substituents is 1. The third kappa shape index (κ3) is 2.85. The van der Waals surface area contributed by atoms with Gasteiger partial charge in [-0.2, -0.15) is 0 Å². The van der Waals surface area contributed by atoms with Crippen LogP contribution in [0.1, 0.15) is 23.7 Å². The van der Waals surface area contributed by atoms with Gasteiger partial charge >= 0.3 is 0 Å². The maximum Gasteiger partial charge on any atom is 0.271 e. The summed E-state index contributed by atoms with van der Waals surface area (Å²) in [6, 6.07) is 7.62. The fourth-order valence-electron chi connectivity index (χ4n) is 1.89. The third-order valence-electron chi connectivity index (χ3n) is 2.81. The van der Waals surface area contributed by atoms with Crippen molar-refractivity contribution in [2.45, 2.75) is 13.3 Å². The molecular weight excluding hydrogens is 260 g/mol. The molecule has 2 aromatic rings. The van der Waals surface area contributed by atoms with E-state index in [1.807, 2.05) is 6.92 Å². The minimum absolute atomic E-state index is 0.0383. The molecule has 1 heterocycles. The van der Waals surface area contributed by atoms with Gasteiger partial charge in [0.2, 0.25) is 0 Å². The first-order valence-corrected chi connectivity index (χ1v) is 6.22. The fraction of sp³-hybridized carbons (Fsp3) is 0.214. The molecule has 0 saturated heterocycles. The molecule has 0 N–H and O–H groups in total. The molecule has 0 saturated carbocycles. The summed E-state index contributed by atoms with van der Waals surface area (Å²) in [6.45, 7) is 2.41. The zero-order valence-corrected chi connectivity index (χ0v) is 11.0. The standard InChI is InChI=1S/C14H14N2O4/c1-2-7-15(14(17)11-6-8-20-10-11)12-4-3-5-13(9-12)16(18)19/h3-6,8-10H,2,7H2,1H3. The number of hydrogen-bond acceptors (Lipinski definition) is 4. The van der Waals surface area contributed by atoms with Gasteiger partial charge in [-0.3, -0.25) is 14.9 Å². The monoisotopic (exact) mass is 274 g/mol. The molecule has 0 fully saturated rings. The number of rotatable bonds is 5. The van der Waals surface area contributed by atoms with Gasteiger partial charge in [0, 0.05) is 18.7 Å². The van der Waals surface area contributed by atoms with E-state index >= 15 is 0 Å². The number of anilines is 1. The Hall–Kier alpha value is -2.63. The van der Waals surface area contributed by atoms with Crippen molar-refractivity contribution in [3.63, 3.8) is 0 Å². The van der Waals surface area contributed by atoms with E-state index < -0.39 is 4.92 Å². The van der Waals surface area contributed by atoms with Crippen molar-refractivity contribution in [1.29, 1.82) is 0 Å². The highest BCUT2D eigenvalue weighted by atomic mass is 16.6. The molecule has 1 amide bonds. The Kier molecular flexibility index (Phi) is 4.14. The van der Waals surface area contributed by atoms with Crippen LogP contribution in [0.4, 0.5) is 11.4 Å². The fourth-order valence-corrected chi connectivity index (χ4v) is 1.89. The zero-order valence-electron chi connectivity index (χ0n) is 11.0. The molecule has 2 rings (SSSR count). The van der Waals surface area contributed by atoms with Gasteiger partial charge in [0.15, 0.2) is 0 Å². The molecule has 0 spiro atoms. The number of benzene rings is 1. The second kappa shape index (κ2) is 6.01. The van der Waals surface area contributed by atoms with Crippen LogP contribution in [0.2, 0.25) is 0 Å². The minimum Gasteiger partial charge on any atom is -0.472 e. The van der Waals surface area contributed by atoms with E-state index in [4.69, 9.17) is 4.42 Å². The SMILES string of the molecule is CCCN(C(=O)c1ccoc1)c1cccc([N+](=O)[O-])c1. The molecule has 1 aromatic heterocycles. The normalized spacial score (nSPS) is 10.2. The van der Waals surface area contributed by atoms with Gasteiger partial charge in [-0.1, -0.05) is 13.0 Å². The van der Waals surface area contributed by atoms with E-state index in [-0.39, 0.29) is 11.6 Å². The Morgan fingerprint density at radius 3 is 2.80 bits per heavy atom. The van der Waals surface area contributed by atoms with E-state index in [1.165, 1.54) is 29.6 Å². The highest BCUT2D eigenvalue weighted by Gasteiger charge is 2.19.